The molecule has 2 atom stereocenters. The van der Waals surface area contributed by atoms with Crippen LogP contribution in [-0.4, -0.2) is 16.4 Å². The maximum atomic E-state index is 10.8. The molecule has 0 amide bonds. The third kappa shape index (κ3) is 0.685. The van der Waals surface area contributed by atoms with E-state index < -0.39 is 10.5 Å². The van der Waals surface area contributed by atoms with Crippen molar-refractivity contribution in [1.29, 1.82) is 0 Å². The van der Waals surface area contributed by atoms with Crippen LogP contribution in [0.4, 0.5) is 0 Å². The number of hydrogen-bond donors (Lipinski definition) is 0. The van der Waals surface area contributed by atoms with Gasteiger partial charge < -0.3 is 4.74 Å². The molecule has 0 radical (unpaired) electrons. The lowest BCUT2D eigenvalue weighted by atomic mass is 9.82. The Hall–Kier alpha value is -0.240. The first kappa shape index (κ1) is 7.86. The summed E-state index contributed by atoms with van der Waals surface area (Å²) in [5, 5.41) is 0. The molecule has 3 heteroatoms. The predicted molar refractivity (Wildman–Crippen MR) is 39.0 cm³/mol. The topological polar surface area (TPSA) is 26.3 Å². The largest absolute Gasteiger partial charge is 0.455 e. The van der Waals surface area contributed by atoms with Gasteiger partial charge in [0, 0.05) is 0 Å². The number of esters is 1. The molecule has 1 aliphatic heterocycles. The van der Waals surface area contributed by atoms with Gasteiger partial charge in [-0.2, -0.15) is 0 Å². The lowest BCUT2D eigenvalue weighted by Gasteiger charge is -2.48. The van der Waals surface area contributed by atoms with Crippen LogP contribution in [0.2, 0.25) is 0 Å². The quantitative estimate of drug-likeness (QED) is 0.434. The number of halogens is 1. The minimum absolute atomic E-state index is 0.307. The van der Waals surface area contributed by atoms with Gasteiger partial charge in [0.15, 0.2) is 4.87 Å². The van der Waals surface area contributed by atoms with E-state index in [0.717, 1.165) is 6.42 Å². The maximum Gasteiger partial charge on any atom is 0.331 e. The molecule has 58 valence electrons. The van der Waals surface area contributed by atoms with Gasteiger partial charge in [0.1, 0.15) is 5.60 Å². The Kier molecular flexibility index (Phi) is 1.48. The molecule has 1 fully saturated rings. The number of hydrogen-bond acceptors (Lipinski definition) is 2. The van der Waals surface area contributed by atoms with Gasteiger partial charge in [0.2, 0.25) is 0 Å². The summed E-state index contributed by atoms with van der Waals surface area (Å²) in [6.45, 7) is 5.50. The molecule has 1 aliphatic rings. The molecular weight excluding hydrogens is 152 g/mol. The van der Waals surface area contributed by atoms with Gasteiger partial charge in [-0.25, -0.2) is 4.79 Å². The summed E-state index contributed by atoms with van der Waals surface area (Å²) in [5.74, 6) is -0.307. The standard InChI is InChI=1S/C7H11ClO2/c1-4-6(2)7(3,8)5(9)10-6/h4H2,1-3H3/t6-,7-/m1/s1. The van der Waals surface area contributed by atoms with Gasteiger partial charge >= 0.3 is 5.97 Å². The van der Waals surface area contributed by atoms with E-state index in [9.17, 15) is 4.79 Å². The zero-order valence-electron chi connectivity index (χ0n) is 6.40. The summed E-state index contributed by atoms with van der Waals surface area (Å²) in [7, 11) is 0. The van der Waals surface area contributed by atoms with Crippen molar-refractivity contribution in [1.82, 2.24) is 0 Å². The van der Waals surface area contributed by atoms with Gasteiger partial charge in [-0.15, -0.1) is 11.6 Å². The molecule has 0 aliphatic carbocycles. The van der Waals surface area contributed by atoms with E-state index in [-0.39, 0.29) is 5.97 Å². The fourth-order valence-corrected chi connectivity index (χ4v) is 1.18. The van der Waals surface area contributed by atoms with Crippen molar-refractivity contribution < 1.29 is 9.53 Å². The second-order valence-electron chi connectivity index (χ2n) is 2.98. The molecule has 1 heterocycles. The van der Waals surface area contributed by atoms with Crippen molar-refractivity contribution in [3.63, 3.8) is 0 Å². The van der Waals surface area contributed by atoms with Crippen molar-refractivity contribution in [2.45, 2.75) is 37.7 Å². The van der Waals surface area contributed by atoms with Gasteiger partial charge in [-0.3, -0.25) is 0 Å². The predicted octanol–water partition coefficient (Wildman–Crippen LogP) is 1.71. The Balaban J connectivity index is 2.80. The summed E-state index contributed by atoms with van der Waals surface area (Å²) in [5.41, 5.74) is -0.453. The van der Waals surface area contributed by atoms with E-state index in [0.29, 0.717) is 0 Å². The van der Waals surface area contributed by atoms with Crippen molar-refractivity contribution in [2.24, 2.45) is 0 Å². The van der Waals surface area contributed by atoms with Crippen LogP contribution in [0.5, 0.6) is 0 Å². The average molecular weight is 163 g/mol. The lowest BCUT2D eigenvalue weighted by molar-refractivity contribution is -0.200. The van der Waals surface area contributed by atoms with Crippen LogP contribution in [0.15, 0.2) is 0 Å². The SMILES string of the molecule is CC[C@@]1(C)OC(=O)[C@@]1(C)Cl. The summed E-state index contributed by atoms with van der Waals surface area (Å²) in [4.78, 5) is 9.97. The molecule has 10 heavy (non-hydrogen) atoms. The van der Waals surface area contributed by atoms with Crippen LogP contribution >= 0.6 is 11.6 Å². The maximum absolute atomic E-state index is 10.8. The number of carbonyl (C=O) groups excluding carboxylic acids is 1. The van der Waals surface area contributed by atoms with Gasteiger partial charge in [-0.05, 0) is 20.3 Å². The fraction of sp³-hybridized carbons (Fsp3) is 0.857. The summed E-state index contributed by atoms with van der Waals surface area (Å²) in [6.07, 6.45) is 0.763. The van der Waals surface area contributed by atoms with Crippen molar-refractivity contribution in [3.05, 3.63) is 0 Å². The number of rotatable bonds is 1. The first-order chi connectivity index (χ1) is 4.44. The summed E-state index contributed by atoms with van der Waals surface area (Å²) in [6, 6.07) is 0. The highest BCUT2D eigenvalue weighted by Gasteiger charge is 2.61. The minimum Gasteiger partial charge on any atom is -0.455 e. The highest BCUT2D eigenvalue weighted by molar-refractivity contribution is 6.36. The summed E-state index contributed by atoms with van der Waals surface area (Å²) < 4.78 is 4.92. The van der Waals surface area contributed by atoms with Crippen molar-refractivity contribution in [2.75, 3.05) is 0 Å². The van der Waals surface area contributed by atoms with E-state index in [4.69, 9.17) is 16.3 Å². The van der Waals surface area contributed by atoms with Crippen LogP contribution in [-0.2, 0) is 9.53 Å². The van der Waals surface area contributed by atoms with E-state index >= 15 is 0 Å². The highest BCUT2D eigenvalue weighted by atomic mass is 35.5. The van der Waals surface area contributed by atoms with Gasteiger partial charge in [0.05, 0.1) is 0 Å². The van der Waals surface area contributed by atoms with Gasteiger partial charge in [0.25, 0.3) is 0 Å². The van der Waals surface area contributed by atoms with Crippen molar-refractivity contribution in [3.8, 4) is 0 Å². The molecule has 0 saturated carbocycles. The van der Waals surface area contributed by atoms with Crippen LogP contribution < -0.4 is 0 Å². The summed E-state index contributed by atoms with van der Waals surface area (Å²) >= 11 is 5.89. The first-order valence-corrected chi connectivity index (χ1v) is 3.74. The molecule has 0 bridgehead atoms. The molecular formula is C7H11ClO2. The average Bonchev–Trinajstić information content (AvgIpc) is 1.88. The molecule has 1 rings (SSSR count). The first-order valence-electron chi connectivity index (χ1n) is 3.36. The Morgan fingerprint density at radius 1 is 1.60 bits per heavy atom. The van der Waals surface area contributed by atoms with E-state index in [1.165, 1.54) is 0 Å². The second kappa shape index (κ2) is 1.88. The molecule has 0 aromatic heterocycles. The molecule has 0 unspecified atom stereocenters. The Bertz CT molecular complexity index is 176. The van der Waals surface area contributed by atoms with Crippen LogP contribution in [0, 0.1) is 0 Å². The third-order valence-corrected chi connectivity index (χ3v) is 2.92. The Morgan fingerprint density at radius 2 is 2.10 bits per heavy atom. The van der Waals surface area contributed by atoms with E-state index in [1.54, 1.807) is 6.92 Å². The molecule has 2 nitrogen and oxygen atoms in total. The van der Waals surface area contributed by atoms with Crippen LogP contribution in [0.3, 0.4) is 0 Å². The van der Waals surface area contributed by atoms with Crippen LogP contribution in [0.1, 0.15) is 27.2 Å². The zero-order chi connectivity index (χ0) is 7.99. The van der Waals surface area contributed by atoms with E-state index in [2.05, 4.69) is 0 Å². The Labute approximate surface area is 65.5 Å². The van der Waals surface area contributed by atoms with Crippen LogP contribution in [0.25, 0.3) is 0 Å². The van der Waals surface area contributed by atoms with E-state index in [1.807, 2.05) is 13.8 Å². The number of carbonyl (C=O) groups is 1. The fourth-order valence-electron chi connectivity index (χ4n) is 0.970. The number of alkyl halides is 1. The third-order valence-electron chi connectivity index (χ3n) is 2.37. The minimum atomic E-state index is -0.804. The van der Waals surface area contributed by atoms with Gasteiger partial charge in [-0.1, -0.05) is 6.92 Å². The molecule has 0 N–H and O–H groups in total. The smallest absolute Gasteiger partial charge is 0.331 e. The lowest BCUT2D eigenvalue weighted by Crippen LogP contribution is -2.65. The number of ether oxygens (including phenoxy) is 1. The van der Waals surface area contributed by atoms with Crippen molar-refractivity contribution >= 4 is 17.6 Å². The Morgan fingerprint density at radius 3 is 2.20 bits per heavy atom. The molecule has 0 aromatic rings. The highest BCUT2D eigenvalue weighted by Crippen LogP contribution is 2.45. The monoisotopic (exact) mass is 162 g/mol. The molecule has 0 spiro atoms. The number of cyclic esters (lactones) is 1. The zero-order valence-corrected chi connectivity index (χ0v) is 7.16. The molecule has 0 aromatic carbocycles. The normalized spacial score (nSPS) is 46.2. The second-order valence-corrected chi connectivity index (χ2v) is 3.73. The molecule has 1 saturated heterocycles.